The van der Waals surface area contributed by atoms with Crippen LogP contribution in [0.1, 0.15) is 30.5 Å². The van der Waals surface area contributed by atoms with Gasteiger partial charge in [-0.25, -0.2) is 4.98 Å². The number of pyridine rings is 1. The standard InChI is InChI=1S/C54H39N5/c1-34-26-27-55-48(28-34)41-21-13-20-39(30-41)37-18-12-19-38(29-37)40-24-25-49-44(31-40)45-32-43-42-22-10-11-23-46(42)54(2,3)47(43)33-50(45)59(49)53-57-51(35-14-6-4-7-15-35)56-52(58-53)36-16-8-5-9-17-36/h4-33H,1-3H3. The summed E-state index contributed by atoms with van der Waals surface area (Å²) in [6.45, 7) is 6.77. The van der Waals surface area contributed by atoms with Gasteiger partial charge in [0.25, 0.3) is 0 Å². The molecule has 0 saturated heterocycles. The fourth-order valence-electron chi connectivity index (χ4n) is 8.94. The molecule has 11 rings (SSSR count). The van der Waals surface area contributed by atoms with Gasteiger partial charge >= 0.3 is 0 Å². The van der Waals surface area contributed by atoms with Crippen LogP contribution in [0, 0.1) is 6.92 Å². The molecule has 280 valence electrons. The average Bonchev–Trinajstić information content (AvgIpc) is 3.73. The SMILES string of the molecule is Cc1ccnc(-c2cccc(-c3cccc(-c4ccc5c(c4)c4cc6c(cc4n5-c4nc(-c5ccccc5)nc(-c5ccccc5)n4)C(C)(C)c4ccccc4-6)c3)c2)c1. The van der Waals surface area contributed by atoms with Crippen LogP contribution in [0.25, 0.3) is 95.2 Å². The predicted octanol–water partition coefficient (Wildman–Crippen LogP) is 13.3. The van der Waals surface area contributed by atoms with Crippen molar-refractivity contribution in [3.63, 3.8) is 0 Å². The number of hydrogen-bond acceptors (Lipinski definition) is 4. The molecule has 10 aromatic rings. The van der Waals surface area contributed by atoms with Crippen molar-refractivity contribution in [3.05, 3.63) is 199 Å². The Balaban J connectivity index is 1.13. The zero-order valence-electron chi connectivity index (χ0n) is 33.1. The van der Waals surface area contributed by atoms with Gasteiger partial charge in [-0.3, -0.25) is 9.55 Å². The molecule has 5 nitrogen and oxygen atoms in total. The van der Waals surface area contributed by atoms with E-state index in [1.54, 1.807) is 0 Å². The van der Waals surface area contributed by atoms with Crippen LogP contribution in [0.15, 0.2) is 182 Å². The molecule has 1 aliphatic carbocycles. The third-order valence-electron chi connectivity index (χ3n) is 12.0. The summed E-state index contributed by atoms with van der Waals surface area (Å²) in [4.78, 5) is 20.2. The maximum atomic E-state index is 5.24. The van der Waals surface area contributed by atoms with Gasteiger partial charge in [0.1, 0.15) is 0 Å². The Kier molecular flexibility index (Phi) is 7.99. The summed E-state index contributed by atoms with van der Waals surface area (Å²) in [5.74, 6) is 1.85. The summed E-state index contributed by atoms with van der Waals surface area (Å²) >= 11 is 0. The molecule has 0 bridgehead atoms. The summed E-state index contributed by atoms with van der Waals surface area (Å²) in [5.41, 5.74) is 16.9. The first-order chi connectivity index (χ1) is 28.9. The Morgan fingerprint density at radius 3 is 1.68 bits per heavy atom. The second-order valence-electron chi connectivity index (χ2n) is 16.0. The molecular weight excluding hydrogens is 719 g/mol. The van der Waals surface area contributed by atoms with Crippen molar-refractivity contribution in [2.45, 2.75) is 26.2 Å². The maximum Gasteiger partial charge on any atom is 0.238 e. The lowest BCUT2D eigenvalue weighted by Gasteiger charge is -2.21. The lowest BCUT2D eigenvalue weighted by molar-refractivity contribution is 0.661. The van der Waals surface area contributed by atoms with Crippen LogP contribution in [-0.4, -0.2) is 24.5 Å². The molecule has 0 atom stereocenters. The molecule has 0 N–H and O–H groups in total. The van der Waals surface area contributed by atoms with Crippen LogP contribution in [0.2, 0.25) is 0 Å². The van der Waals surface area contributed by atoms with Crippen molar-refractivity contribution in [2.75, 3.05) is 0 Å². The molecule has 59 heavy (non-hydrogen) atoms. The van der Waals surface area contributed by atoms with Gasteiger partial charge in [-0.05, 0) is 106 Å². The summed E-state index contributed by atoms with van der Waals surface area (Å²) < 4.78 is 2.25. The smallest absolute Gasteiger partial charge is 0.238 e. The Morgan fingerprint density at radius 2 is 1.00 bits per heavy atom. The third-order valence-corrected chi connectivity index (χ3v) is 12.0. The van der Waals surface area contributed by atoms with Gasteiger partial charge in [0.05, 0.1) is 16.7 Å². The third kappa shape index (κ3) is 5.85. The summed E-state index contributed by atoms with van der Waals surface area (Å²) in [7, 11) is 0. The highest BCUT2D eigenvalue weighted by molar-refractivity contribution is 6.12. The number of fused-ring (bicyclic) bond motifs is 6. The summed E-state index contributed by atoms with van der Waals surface area (Å²) in [6.07, 6.45) is 1.88. The zero-order valence-corrected chi connectivity index (χ0v) is 33.1. The molecule has 3 heterocycles. The second-order valence-corrected chi connectivity index (χ2v) is 16.0. The van der Waals surface area contributed by atoms with Crippen LogP contribution >= 0.6 is 0 Å². The molecule has 0 saturated carbocycles. The van der Waals surface area contributed by atoms with E-state index < -0.39 is 0 Å². The summed E-state index contributed by atoms with van der Waals surface area (Å²) in [5, 5.41) is 2.30. The van der Waals surface area contributed by atoms with Gasteiger partial charge in [0, 0.05) is 39.1 Å². The molecule has 0 spiro atoms. The molecular formula is C54H39N5. The van der Waals surface area contributed by atoms with E-state index in [1.807, 2.05) is 48.7 Å². The van der Waals surface area contributed by atoms with E-state index in [-0.39, 0.29) is 5.41 Å². The van der Waals surface area contributed by atoms with E-state index in [2.05, 4.69) is 164 Å². The highest BCUT2D eigenvalue weighted by Gasteiger charge is 2.36. The molecule has 0 aliphatic heterocycles. The second kappa shape index (κ2) is 13.6. The number of hydrogen-bond donors (Lipinski definition) is 0. The van der Waals surface area contributed by atoms with Crippen molar-refractivity contribution in [1.29, 1.82) is 0 Å². The Hall–Kier alpha value is -7.50. The average molecular weight is 758 g/mol. The molecule has 7 aromatic carbocycles. The fourth-order valence-corrected chi connectivity index (χ4v) is 8.94. The van der Waals surface area contributed by atoms with Gasteiger partial charge in [0.2, 0.25) is 5.95 Å². The van der Waals surface area contributed by atoms with Crippen molar-refractivity contribution in [1.82, 2.24) is 24.5 Å². The van der Waals surface area contributed by atoms with Crippen LogP contribution in [0.3, 0.4) is 0 Å². The molecule has 0 amide bonds. The van der Waals surface area contributed by atoms with E-state index in [9.17, 15) is 0 Å². The topological polar surface area (TPSA) is 56.5 Å². The van der Waals surface area contributed by atoms with Gasteiger partial charge in [-0.2, -0.15) is 9.97 Å². The molecule has 5 heteroatoms. The Labute approximate surface area is 343 Å². The first kappa shape index (κ1) is 34.7. The van der Waals surface area contributed by atoms with Gasteiger partial charge in [-0.15, -0.1) is 0 Å². The molecule has 3 aromatic heterocycles. The molecule has 1 aliphatic rings. The molecule has 0 fully saturated rings. The monoisotopic (exact) mass is 757 g/mol. The maximum absolute atomic E-state index is 5.24. The summed E-state index contributed by atoms with van der Waals surface area (Å²) in [6, 6.07) is 62.5. The van der Waals surface area contributed by atoms with Crippen LogP contribution in [-0.2, 0) is 5.41 Å². The Bertz CT molecular complexity index is 3200. The van der Waals surface area contributed by atoms with Gasteiger partial charge in [-0.1, -0.05) is 141 Å². The normalized spacial score (nSPS) is 12.8. The number of benzene rings is 7. The lowest BCUT2D eigenvalue weighted by atomic mass is 9.82. The molecule has 0 radical (unpaired) electrons. The zero-order chi connectivity index (χ0) is 39.7. The van der Waals surface area contributed by atoms with E-state index in [0.29, 0.717) is 17.6 Å². The van der Waals surface area contributed by atoms with E-state index in [0.717, 1.165) is 66.4 Å². The largest absolute Gasteiger partial charge is 0.278 e. The molecule has 0 unspecified atom stereocenters. The number of rotatable bonds is 6. The van der Waals surface area contributed by atoms with Crippen molar-refractivity contribution < 1.29 is 0 Å². The minimum atomic E-state index is -0.177. The highest BCUT2D eigenvalue weighted by atomic mass is 15.2. The predicted molar refractivity (Wildman–Crippen MR) is 241 cm³/mol. The van der Waals surface area contributed by atoms with Crippen LogP contribution in [0.4, 0.5) is 0 Å². The minimum Gasteiger partial charge on any atom is -0.278 e. The quantitative estimate of drug-likeness (QED) is 0.169. The van der Waals surface area contributed by atoms with Gasteiger partial charge in [0.15, 0.2) is 11.6 Å². The highest BCUT2D eigenvalue weighted by Crippen LogP contribution is 2.51. The number of nitrogens with zero attached hydrogens (tertiary/aromatic N) is 5. The minimum absolute atomic E-state index is 0.177. The van der Waals surface area contributed by atoms with E-state index >= 15 is 0 Å². The fraction of sp³-hybridized carbons (Fsp3) is 0.0741. The van der Waals surface area contributed by atoms with Crippen molar-refractivity contribution >= 4 is 21.8 Å². The number of aromatic nitrogens is 5. The Morgan fingerprint density at radius 1 is 0.424 bits per heavy atom. The number of aryl methyl sites for hydroxylation is 1. The van der Waals surface area contributed by atoms with Gasteiger partial charge < -0.3 is 0 Å². The van der Waals surface area contributed by atoms with Crippen molar-refractivity contribution in [3.8, 4) is 73.4 Å². The van der Waals surface area contributed by atoms with Crippen LogP contribution in [0.5, 0.6) is 0 Å². The van der Waals surface area contributed by atoms with E-state index in [4.69, 9.17) is 15.0 Å². The first-order valence-corrected chi connectivity index (χ1v) is 20.1. The lowest BCUT2D eigenvalue weighted by Crippen LogP contribution is -2.15. The van der Waals surface area contributed by atoms with Crippen molar-refractivity contribution in [2.24, 2.45) is 0 Å². The van der Waals surface area contributed by atoms with E-state index in [1.165, 1.54) is 27.8 Å². The van der Waals surface area contributed by atoms with Crippen LogP contribution < -0.4 is 0 Å². The first-order valence-electron chi connectivity index (χ1n) is 20.1.